The van der Waals surface area contributed by atoms with Crippen molar-refractivity contribution in [3.05, 3.63) is 22.2 Å². The van der Waals surface area contributed by atoms with Crippen molar-refractivity contribution in [2.45, 2.75) is 70.8 Å². The van der Waals surface area contributed by atoms with Crippen molar-refractivity contribution in [2.24, 2.45) is 4.40 Å². The zero-order valence-electron chi connectivity index (χ0n) is 15.4. The second-order valence-corrected chi connectivity index (χ2v) is 14.9. The van der Waals surface area contributed by atoms with Gasteiger partial charge in [-0.1, -0.05) is 43.3 Å². The summed E-state index contributed by atoms with van der Waals surface area (Å²) in [6, 6.07) is 4.88. The number of aromatic nitrogens is 1. The van der Waals surface area contributed by atoms with Crippen molar-refractivity contribution in [3.8, 4) is 0 Å². The molecule has 1 aromatic heterocycles. The fraction of sp³-hybridized carbons (Fsp3) is 0.647. The fourth-order valence-corrected chi connectivity index (χ4v) is 7.62. The van der Waals surface area contributed by atoms with Crippen molar-refractivity contribution < 1.29 is 8.94 Å². The molecule has 136 valence electrons. The van der Waals surface area contributed by atoms with Crippen LogP contribution < -0.4 is 5.19 Å². The Kier molecular flexibility index (Phi) is 8.10. The molecule has 1 rings (SSSR count). The van der Waals surface area contributed by atoms with Gasteiger partial charge in [0.2, 0.25) is 0 Å². The Morgan fingerprint density at radius 1 is 1.29 bits per heavy atom. The van der Waals surface area contributed by atoms with Crippen LogP contribution in [0.4, 0.5) is 4.39 Å². The maximum Gasteiger partial charge on any atom is 0.144 e. The molecule has 0 aliphatic carbocycles. The predicted molar refractivity (Wildman–Crippen MR) is 109 cm³/mol. The van der Waals surface area contributed by atoms with Crippen LogP contribution in [0.1, 0.15) is 47.2 Å². The lowest BCUT2D eigenvalue weighted by atomic mass is 10.3. The van der Waals surface area contributed by atoms with Gasteiger partial charge >= 0.3 is 0 Å². The van der Waals surface area contributed by atoms with E-state index in [0.717, 1.165) is 23.3 Å². The molecule has 7 heteroatoms. The van der Waals surface area contributed by atoms with Crippen LogP contribution in [0.15, 0.2) is 15.1 Å². The third kappa shape index (κ3) is 5.13. The largest absolute Gasteiger partial charge is 0.591 e. The maximum absolute atomic E-state index is 15.1. The summed E-state index contributed by atoms with van der Waals surface area (Å²) in [6.07, 6.45) is 1.78. The number of rotatable bonds is 7. The van der Waals surface area contributed by atoms with Gasteiger partial charge in [-0.25, -0.2) is 9.37 Å². The SMILES string of the molecule is CC[Si](CC)(CC)c1cc(Br)nc(C/C=N/[S+]([O-])C(C)(C)C)c1F. The normalized spacial score (nSPS) is 14.4. The van der Waals surface area contributed by atoms with E-state index in [2.05, 4.69) is 46.1 Å². The summed E-state index contributed by atoms with van der Waals surface area (Å²) in [5.74, 6) is -0.205. The van der Waals surface area contributed by atoms with E-state index in [1.165, 1.54) is 6.21 Å². The van der Waals surface area contributed by atoms with Crippen molar-refractivity contribution >= 4 is 46.8 Å². The fourth-order valence-electron chi connectivity index (χ4n) is 2.74. The smallest absolute Gasteiger partial charge is 0.144 e. The summed E-state index contributed by atoms with van der Waals surface area (Å²) in [6.45, 7) is 12.0. The van der Waals surface area contributed by atoms with Crippen LogP contribution in [0, 0.1) is 5.82 Å². The molecule has 0 saturated heterocycles. The summed E-state index contributed by atoms with van der Waals surface area (Å²) in [5.41, 5.74) is 0.376. The number of nitrogens with zero attached hydrogens (tertiary/aromatic N) is 2. The van der Waals surface area contributed by atoms with Crippen molar-refractivity contribution in [1.82, 2.24) is 4.98 Å². The maximum atomic E-state index is 15.1. The van der Waals surface area contributed by atoms with E-state index < -0.39 is 24.2 Å². The molecule has 1 atom stereocenters. The molecule has 0 aliphatic rings. The summed E-state index contributed by atoms with van der Waals surface area (Å²) in [7, 11) is -1.84. The van der Waals surface area contributed by atoms with E-state index in [-0.39, 0.29) is 12.2 Å². The highest BCUT2D eigenvalue weighted by atomic mass is 79.9. The molecular weight excluding hydrogens is 407 g/mol. The molecule has 0 radical (unpaired) electrons. The first-order valence-corrected chi connectivity index (χ1v) is 12.9. The molecule has 0 aliphatic heterocycles. The van der Waals surface area contributed by atoms with Gasteiger partial charge in [-0.05, 0) is 48.0 Å². The molecular formula is C17H28BrFN2OSSi. The second kappa shape index (κ2) is 8.92. The van der Waals surface area contributed by atoms with E-state index in [4.69, 9.17) is 0 Å². The van der Waals surface area contributed by atoms with E-state index in [1.807, 2.05) is 26.8 Å². The first-order valence-electron chi connectivity index (χ1n) is 8.41. The molecule has 0 aromatic carbocycles. The molecule has 1 heterocycles. The average molecular weight is 435 g/mol. The summed E-state index contributed by atoms with van der Waals surface area (Å²) >= 11 is 2.09. The number of hydrogen-bond acceptors (Lipinski definition) is 3. The minimum atomic E-state index is -1.84. The summed E-state index contributed by atoms with van der Waals surface area (Å²) in [4.78, 5) is 4.28. The highest BCUT2D eigenvalue weighted by Gasteiger charge is 2.33. The van der Waals surface area contributed by atoms with Crippen LogP contribution in [0.25, 0.3) is 0 Å². The van der Waals surface area contributed by atoms with Crippen LogP contribution in [0.5, 0.6) is 0 Å². The molecule has 1 aromatic rings. The molecule has 0 bridgehead atoms. The van der Waals surface area contributed by atoms with Crippen LogP contribution >= 0.6 is 15.9 Å². The zero-order valence-corrected chi connectivity index (χ0v) is 18.9. The standard InChI is InChI=1S/C17H28BrFN2OSSi/c1-7-24(8-2,9-3)14-12-15(18)21-13(16(14)19)10-11-20-23(22)17(4,5)6/h11-12H,7-10H2,1-6H3/b20-11+. The van der Waals surface area contributed by atoms with Gasteiger partial charge in [0.15, 0.2) is 0 Å². The van der Waals surface area contributed by atoms with Gasteiger partial charge < -0.3 is 4.55 Å². The average Bonchev–Trinajstić information content (AvgIpc) is 2.52. The Hall–Kier alpha value is -0.243. The first kappa shape index (κ1) is 21.8. The third-order valence-electron chi connectivity index (χ3n) is 4.58. The van der Waals surface area contributed by atoms with Gasteiger partial charge in [0.1, 0.15) is 26.5 Å². The molecule has 24 heavy (non-hydrogen) atoms. The molecule has 0 spiro atoms. The van der Waals surface area contributed by atoms with Crippen molar-refractivity contribution in [2.75, 3.05) is 0 Å². The lowest BCUT2D eigenvalue weighted by Crippen LogP contribution is -2.48. The Labute approximate surface area is 158 Å². The van der Waals surface area contributed by atoms with E-state index in [0.29, 0.717) is 10.3 Å². The van der Waals surface area contributed by atoms with Crippen molar-refractivity contribution in [1.29, 1.82) is 0 Å². The summed E-state index contributed by atoms with van der Waals surface area (Å²) in [5, 5.41) is 0.845. The van der Waals surface area contributed by atoms with Crippen molar-refractivity contribution in [3.63, 3.8) is 0 Å². The number of halogens is 2. The van der Waals surface area contributed by atoms with Crippen LogP contribution in [0.2, 0.25) is 18.1 Å². The third-order valence-corrected chi connectivity index (χ3v) is 11.9. The highest BCUT2D eigenvalue weighted by molar-refractivity contribution is 9.10. The van der Waals surface area contributed by atoms with Gasteiger partial charge in [0.25, 0.3) is 0 Å². The Morgan fingerprint density at radius 2 is 1.83 bits per heavy atom. The van der Waals surface area contributed by atoms with E-state index >= 15 is 4.39 Å². The van der Waals surface area contributed by atoms with Gasteiger partial charge in [-0.2, -0.15) is 0 Å². The first-order chi connectivity index (χ1) is 11.1. The molecule has 0 fully saturated rings. The minimum absolute atomic E-state index is 0.205. The van der Waals surface area contributed by atoms with E-state index in [1.54, 1.807) is 0 Å². The number of pyridine rings is 1. The Bertz CT molecular complexity index is 580. The Morgan fingerprint density at radius 3 is 2.29 bits per heavy atom. The molecule has 1 unspecified atom stereocenters. The van der Waals surface area contributed by atoms with Gasteiger partial charge in [-0.15, -0.1) is 0 Å². The van der Waals surface area contributed by atoms with Gasteiger partial charge in [0, 0.05) is 6.42 Å². The molecule has 3 nitrogen and oxygen atoms in total. The second-order valence-electron chi connectivity index (χ2n) is 6.95. The summed E-state index contributed by atoms with van der Waals surface area (Å²) < 4.78 is 31.3. The zero-order chi connectivity index (χ0) is 18.5. The number of hydrogen-bond donors (Lipinski definition) is 0. The minimum Gasteiger partial charge on any atom is -0.591 e. The topological polar surface area (TPSA) is 48.3 Å². The van der Waals surface area contributed by atoms with Gasteiger partial charge in [-0.3, -0.25) is 0 Å². The van der Waals surface area contributed by atoms with Gasteiger partial charge in [0.05, 0.1) is 20.0 Å². The molecule has 0 N–H and O–H groups in total. The lowest BCUT2D eigenvalue weighted by molar-refractivity contribution is 0.561. The van der Waals surface area contributed by atoms with Crippen LogP contribution in [0.3, 0.4) is 0 Å². The molecule has 0 amide bonds. The predicted octanol–water partition coefficient (Wildman–Crippen LogP) is 4.77. The quantitative estimate of drug-likeness (QED) is 0.268. The Balaban J connectivity index is 3.17. The van der Waals surface area contributed by atoms with Crippen LogP contribution in [-0.2, 0) is 17.8 Å². The molecule has 0 saturated carbocycles. The lowest BCUT2D eigenvalue weighted by Gasteiger charge is -2.29. The highest BCUT2D eigenvalue weighted by Crippen LogP contribution is 2.24. The van der Waals surface area contributed by atoms with E-state index in [9.17, 15) is 4.55 Å². The monoisotopic (exact) mass is 434 g/mol. The van der Waals surface area contributed by atoms with Crippen LogP contribution in [-0.4, -0.2) is 28.6 Å².